The van der Waals surface area contributed by atoms with Crippen LogP contribution in [0.25, 0.3) is 0 Å². The van der Waals surface area contributed by atoms with Crippen molar-refractivity contribution in [2.75, 3.05) is 33.3 Å². The number of rotatable bonds is 4. The Kier molecular flexibility index (Phi) is 4.82. The van der Waals surface area contributed by atoms with E-state index in [0.717, 1.165) is 29.9 Å². The summed E-state index contributed by atoms with van der Waals surface area (Å²) >= 11 is 3.39. The molecule has 1 saturated heterocycles. The summed E-state index contributed by atoms with van der Waals surface area (Å²) < 4.78 is 6.73. The lowest BCUT2D eigenvalue weighted by Gasteiger charge is -2.37. The number of ether oxygens (including phenoxy) is 1. The highest BCUT2D eigenvalue weighted by Crippen LogP contribution is 2.16. The quantitative estimate of drug-likeness (QED) is 0.848. The minimum Gasteiger partial charge on any atom is -0.492 e. The zero-order chi connectivity index (χ0) is 13.8. The number of carbonyl (C=O) groups excluding carboxylic acids is 1. The maximum Gasteiger partial charge on any atom is 0.239 e. The second kappa shape index (κ2) is 6.39. The van der Waals surface area contributed by atoms with Crippen LogP contribution < -0.4 is 4.74 Å². The van der Waals surface area contributed by atoms with Gasteiger partial charge in [-0.15, -0.1) is 0 Å². The topological polar surface area (TPSA) is 32.8 Å². The summed E-state index contributed by atoms with van der Waals surface area (Å²) in [6.45, 7) is 5.03. The summed E-state index contributed by atoms with van der Waals surface area (Å²) in [6.07, 6.45) is 0. The van der Waals surface area contributed by atoms with E-state index in [0.29, 0.717) is 6.61 Å². The van der Waals surface area contributed by atoms with Crippen molar-refractivity contribution in [3.63, 3.8) is 0 Å². The monoisotopic (exact) mass is 326 g/mol. The third-order valence-corrected chi connectivity index (χ3v) is 3.99. The van der Waals surface area contributed by atoms with Crippen molar-refractivity contribution >= 4 is 21.8 Å². The number of hydrogen-bond donors (Lipinski definition) is 0. The highest BCUT2D eigenvalue weighted by atomic mass is 79.9. The van der Waals surface area contributed by atoms with Gasteiger partial charge in [-0.25, -0.2) is 0 Å². The van der Waals surface area contributed by atoms with Gasteiger partial charge in [-0.3, -0.25) is 9.69 Å². The van der Waals surface area contributed by atoms with Gasteiger partial charge in [0.15, 0.2) is 0 Å². The first kappa shape index (κ1) is 14.3. The summed E-state index contributed by atoms with van der Waals surface area (Å²) in [5.41, 5.74) is 0. The van der Waals surface area contributed by atoms with E-state index in [1.165, 1.54) is 0 Å². The van der Waals surface area contributed by atoms with Gasteiger partial charge in [-0.2, -0.15) is 0 Å². The SMILES string of the molecule is C[C@@H]1C(=O)N(C)CCN1CCOc1ccc(Br)cc1. The highest BCUT2D eigenvalue weighted by Gasteiger charge is 2.28. The second-order valence-electron chi connectivity index (χ2n) is 4.77. The predicted octanol–water partition coefficient (Wildman–Crippen LogP) is 1.99. The Morgan fingerprint density at radius 3 is 2.68 bits per heavy atom. The number of nitrogens with zero attached hydrogens (tertiary/aromatic N) is 2. The summed E-state index contributed by atoms with van der Waals surface area (Å²) in [4.78, 5) is 15.8. The molecule has 1 aliphatic rings. The fourth-order valence-electron chi connectivity index (χ4n) is 2.17. The van der Waals surface area contributed by atoms with Crippen LogP contribution in [0.2, 0.25) is 0 Å². The molecule has 0 radical (unpaired) electrons. The minimum atomic E-state index is -0.0488. The molecule has 5 heteroatoms. The third kappa shape index (κ3) is 3.70. The number of amides is 1. The Morgan fingerprint density at radius 2 is 2.00 bits per heavy atom. The summed E-state index contributed by atoms with van der Waals surface area (Å²) in [7, 11) is 1.86. The van der Waals surface area contributed by atoms with Crippen LogP contribution in [0.3, 0.4) is 0 Å². The molecule has 0 aliphatic carbocycles. The molecule has 19 heavy (non-hydrogen) atoms. The molecule has 0 spiro atoms. The first-order chi connectivity index (χ1) is 9.08. The maximum atomic E-state index is 11.8. The number of benzene rings is 1. The fraction of sp³-hybridized carbons (Fsp3) is 0.500. The molecular weight excluding hydrogens is 308 g/mol. The summed E-state index contributed by atoms with van der Waals surface area (Å²) in [6, 6.07) is 7.73. The number of halogens is 1. The van der Waals surface area contributed by atoms with Gasteiger partial charge in [-0.05, 0) is 31.2 Å². The Balaban J connectivity index is 1.79. The lowest BCUT2D eigenvalue weighted by molar-refractivity contribution is -0.139. The second-order valence-corrected chi connectivity index (χ2v) is 5.69. The Hall–Kier alpha value is -1.07. The van der Waals surface area contributed by atoms with E-state index in [2.05, 4.69) is 20.8 Å². The van der Waals surface area contributed by atoms with Gasteiger partial charge in [0.05, 0.1) is 6.04 Å². The predicted molar refractivity (Wildman–Crippen MR) is 78.3 cm³/mol. The first-order valence-electron chi connectivity index (χ1n) is 6.45. The van der Waals surface area contributed by atoms with Gasteiger partial charge in [0, 0.05) is 31.2 Å². The van der Waals surface area contributed by atoms with E-state index in [9.17, 15) is 4.79 Å². The molecule has 0 saturated carbocycles. The average Bonchev–Trinajstić information content (AvgIpc) is 2.41. The lowest BCUT2D eigenvalue weighted by atomic mass is 10.2. The molecular formula is C14H19BrN2O2. The zero-order valence-corrected chi connectivity index (χ0v) is 12.9. The molecule has 4 nitrogen and oxygen atoms in total. The van der Waals surface area contributed by atoms with Crippen molar-refractivity contribution in [1.82, 2.24) is 9.80 Å². The van der Waals surface area contributed by atoms with E-state index in [1.807, 2.05) is 38.2 Å². The van der Waals surface area contributed by atoms with Crippen molar-refractivity contribution in [3.05, 3.63) is 28.7 Å². The first-order valence-corrected chi connectivity index (χ1v) is 7.24. The number of likely N-dealkylation sites (N-methyl/N-ethyl adjacent to an activating group) is 1. The molecule has 1 aromatic carbocycles. The van der Waals surface area contributed by atoms with E-state index >= 15 is 0 Å². The van der Waals surface area contributed by atoms with Gasteiger partial charge >= 0.3 is 0 Å². The molecule has 0 aromatic heterocycles. The molecule has 0 unspecified atom stereocenters. The van der Waals surface area contributed by atoms with E-state index in [-0.39, 0.29) is 11.9 Å². The van der Waals surface area contributed by atoms with Crippen molar-refractivity contribution in [2.24, 2.45) is 0 Å². The van der Waals surface area contributed by atoms with Crippen molar-refractivity contribution in [2.45, 2.75) is 13.0 Å². The maximum absolute atomic E-state index is 11.8. The van der Waals surface area contributed by atoms with Crippen LogP contribution in [0.4, 0.5) is 0 Å². The van der Waals surface area contributed by atoms with Gasteiger partial charge in [0.2, 0.25) is 5.91 Å². The zero-order valence-electron chi connectivity index (χ0n) is 11.3. The Bertz CT molecular complexity index is 436. The molecule has 1 amide bonds. The standard InChI is InChI=1S/C14H19BrN2O2/c1-11-14(18)16(2)7-8-17(11)9-10-19-13-5-3-12(15)4-6-13/h3-6,11H,7-10H2,1-2H3/t11-/m1/s1. The molecule has 2 rings (SSSR count). The third-order valence-electron chi connectivity index (χ3n) is 3.46. The summed E-state index contributed by atoms with van der Waals surface area (Å²) in [5.74, 6) is 1.05. The molecule has 0 bridgehead atoms. The number of hydrogen-bond acceptors (Lipinski definition) is 3. The van der Waals surface area contributed by atoms with Crippen molar-refractivity contribution in [1.29, 1.82) is 0 Å². The van der Waals surface area contributed by atoms with Gasteiger partial charge in [-0.1, -0.05) is 15.9 Å². The molecule has 1 heterocycles. The van der Waals surface area contributed by atoms with Crippen LogP contribution >= 0.6 is 15.9 Å². The van der Waals surface area contributed by atoms with Crippen molar-refractivity contribution in [3.8, 4) is 5.75 Å². The molecule has 104 valence electrons. The van der Waals surface area contributed by atoms with Gasteiger partial charge in [0.1, 0.15) is 12.4 Å². The van der Waals surface area contributed by atoms with E-state index in [1.54, 1.807) is 4.90 Å². The highest BCUT2D eigenvalue weighted by molar-refractivity contribution is 9.10. The molecule has 1 fully saturated rings. The van der Waals surface area contributed by atoms with Crippen LogP contribution in [0, 0.1) is 0 Å². The molecule has 1 aromatic rings. The average molecular weight is 327 g/mol. The molecule has 1 aliphatic heterocycles. The fourth-order valence-corrected chi connectivity index (χ4v) is 2.44. The number of piperazine rings is 1. The summed E-state index contributed by atoms with van der Waals surface area (Å²) in [5, 5.41) is 0. The van der Waals surface area contributed by atoms with Crippen LogP contribution in [-0.4, -0.2) is 55.0 Å². The minimum absolute atomic E-state index is 0.0488. The number of carbonyl (C=O) groups is 1. The normalized spacial score (nSPS) is 20.7. The van der Waals surface area contributed by atoms with Crippen LogP contribution in [0.5, 0.6) is 5.75 Å². The van der Waals surface area contributed by atoms with Crippen LogP contribution in [0.1, 0.15) is 6.92 Å². The van der Waals surface area contributed by atoms with E-state index < -0.39 is 0 Å². The largest absolute Gasteiger partial charge is 0.492 e. The Labute approximate surface area is 122 Å². The Morgan fingerprint density at radius 1 is 1.32 bits per heavy atom. The van der Waals surface area contributed by atoms with Crippen LogP contribution in [0.15, 0.2) is 28.7 Å². The smallest absolute Gasteiger partial charge is 0.239 e. The molecule has 0 N–H and O–H groups in total. The van der Waals surface area contributed by atoms with Crippen molar-refractivity contribution < 1.29 is 9.53 Å². The van der Waals surface area contributed by atoms with Crippen LogP contribution in [-0.2, 0) is 4.79 Å². The van der Waals surface area contributed by atoms with Gasteiger partial charge < -0.3 is 9.64 Å². The van der Waals surface area contributed by atoms with E-state index in [4.69, 9.17) is 4.74 Å². The molecule has 1 atom stereocenters. The van der Waals surface area contributed by atoms with Gasteiger partial charge in [0.25, 0.3) is 0 Å². The lowest BCUT2D eigenvalue weighted by Crippen LogP contribution is -2.55.